The zero-order chi connectivity index (χ0) is 16.7. The molecular formula is C18H22BrNO3. The summed E-state index contributed by atoms with van der Waals surface area (Å²) >= 11 is 3.35. The van der Waals surface area contributed by atoms with E-state index in [1.165, 1.54) is 12.5 Å². The van der Waals surface area contributed by atoms with Gasteiger partial charge in [-0.05, 0) is 42.5 Å². The van der Waals surface area contributed by atoms with E-state index in [2.05, 4.69) is 28.2 Å². The van der Waals surface area contributed by atoms with E-state index in [9.17, 15) is 9.59 Å². The Hall–Kier alpha value is -1.62. The summed E-state index contributed by atoms with van der Waals surface area (Å²) in [4.78, 5) is 23.5. The van der Waals surface area contributed by atoms with Gasteiger partial charge in [0.05, 0.1) is 0 Å². The molecule has 0 heterocycles. The van der Waals surface area contributed by atoms with Crippen molar-refractivity contribution in [2.24, 2.45) is 5.92 Å². The van der Waals surface area contributed by atoms with Crippen LogP contribution >= 0.6 is 15.9 Å². The molecule has 2 rings (SSSR count). The third-order valence-electron chi connectivity index (χ3n) is 4.09. The van der Waals surface area contributed by atoms with Crippen LogP contribution in [0.15, 0.2) is 34.8 Å². The van der Waals surface area contributed by atoms with E-state index in [1.807, 2.05) is 24.3 Å². The molecule has 1 aliphatic carbocycles. The maximum Gasteiger partial charge on any atom is 0.331 e. The summed E-state index contributed by atoms with van der Waals surface area (Å²) in [6.45, 7) is 1.92. The average Bonchev–Trinajstić information content (AvgIpc) is 2.54. The van der Waals surface area contributed by atoms with Gasteiger partial charge in [-0.15, -0.1) is 0 Å². The van der Waals surface area contributed by atoms with Crippen molar-refractivity contribution in [2.75, 3.05) is 6.61 Å². The lowest BCUT2D eigenvalue weighted by Gasteiger charge is -2.29. The molecule has 4 nitrogen and oxygen atoms in total. The molecule has 1 fully saturated rings. The lowest BCUT2D eigenvalue weighted by molar-refractivity contribution is -0.144. The number of hydrogen-bond donors (Lipinski definition) is 1. The molecular weight excluding hydrogens is 358 g/mol. The minimum atomic E-state index is -0.514. The second kappa shape index (κ2) is 8.87. The van der Waals surface area contributed by atoms with E-state index in [0.29, 0.717) is 5.92 Å². The fourth-order valence-corrected chi connectivity index (χ4v) is 2.97. The number of nitrogens with one attached hydrogen (secondary N) is 1. The Labute approximate surface area is 145 Å². The van der Waals surface area contributed by atoms with Gasteiger partial charge < -0.3 is 10.1 Å². The first kappa shape index (κ1) is 17.7. The van der Waals surface area contributed by atoms with Gasteiger partial charge in [-0.1, -0.05) is 47.8 Å². The van der Waals surface area contributed by atoms with Crippen molar-refractivity contribution < 1.29 is 14.3 Å². The van der Waals surface area contributed by atoms with Gasteiger partial charge in [-0.3, -0.25) is 4.79 Å². The molecule has 0 saturated heterocycles. The zero-order valence-electron chi connectivity index (χ0n) is 13.3. The molecule has 1 N–H and O–H groups in total. The monoisotopic (exact) mass is 379 g/mol. The summed E-state index contributed by atoms with van der Waals surface area (Å²) in [5, 5.41) is 2.96. The Kier molecular flexibility index (Phi) is 6.84. The molecule has 0 bridgehead atoms. The number of ether oxygens (including phenoxy) is 1. The van der Waals surface area contributed by atoms with E-state index < -0.39 is 5.97 Å². The highest BCUT2D eigenvalue weighted by Gasteiger charge is 2.22. The predicted octanol–water partition coefficient (Wildman–Crippen LogP) is 3.70. The Morgan fingerprint density at radius 3 is 2.65 bits per heavy atom. The highest BCUT2D eigenvalue weighted by atomic mass is 79.9. The normalized spacial score (nSPS) is 21.1. The average molecular weight is 380 g/mol. The molecule has 0 aromatic heterocycles. The molecule has 1 aromatic carbocycles. The lowest BCUT2D eigenvalue weighted by atomic mass is 9.86. The summed E-state index contributed by atoms with van der Waals surface area (Å²) in [5.74, 6) is -0.255. The van der Waals surface area contributed by atoms with E-state index in [-0.39, 0.29) is 18.6 Å². The van der Waals surface area contributed by atoms with Crippen molar-refractivity contribution in [1.29, 1.82) is 0 Å². The van der Waals surface area contributed by atoms with Crippen LogP contribution in [-0.4, -0.2) is 24.5 Å². The molecule has 2 atom stereocenters. The first-order chi connectivity index (χ1) is 11.0. The smallest absolute Gasteiger partial charge is 0.331 e. The van der Waals surface area contributed by atoms with Crippen LogP contribution in [0.25, 0.3) is 6.08 Å². The minimum absolute atomic E-state index is 0.202. The van der Waals surface area contributed by atoms with Gasteiger partial charge in [0.2, 0.25) is 0 Å². The van der Waals surface area contributed by atoms with Crippen LogP contribution < -0.4 is 5.32 Å². The maximum absolute atomic E-state index is 11.9. The van der Waals surface area contributed by atoms with Gasteiger partial charge >= 0.3 is 5.97 Å². The third kappa shape index (κ3) is 6.18. The van der Waals surface area contributed by atoms with E-state index in [0.717, 1.165) is 29.3 Å². The van der Waals surface area contributed by atoms with E-state index in [4.69, 9.17) is 4.74 Å². The quantitative estimate of drug-likeness (QED) is 0.626. The Morgan fingerprint density at radius 2 is 1.96 bits per heavy atom. The predicted molar refractivity (Wildman–Crippen MR) is 93.7 cm³/mol. The van der Waals surface area contributed by atoms with Crippen LogP contribution in [0, 0.1) is 5.92 Å². The molecule has 1 aliphatic rings. The number of halogens is 1. The number of carbonyl (C=O) groups is 2. The molecule has 0 aliphatic heterocycles. The van der Waals surface area contributed by atoms with Gasteiger partial charge in [0.25, 0.3) is 5.91 Å². The first-order valence-corrected chi connectivity index (χ1v) is 8.73. The van der Waals surface area contributed by atoms with Crippen molar-refractivity contribution in [1.82, 2.24) is 5.32 Å². The molecule has 124 valence electrons. The standard InChI is InChI=1S/C18H22BrNO3/c1-13-4-2-3-5-16(13)20-17(21)12-23-18(22)11-8-14-6-9-15(19)10-7-14/h6-11,13,16H,2-5,12H2,1H3,(H,20,21)/b11-8+/t13-,16+/m0/s1. The van der Waals surface area contributed by atoms with Gasteiger partial charge in [0.1, 0.15) is 0 Å². The number of rotatable bonds is 5. The molecule has 5 heteroatoms. The summed E-state index contributed by atoms with van der Waals surface area (Å²) in [6.07, 6.45) is 7.51. The first-order valence-electron chi connectivity index (χ1n) is 7.94. The lowest BCUT2D eigenvalue weighted by Crippen LogP contribution is -2.42. The van der Waals surface area contributed by atoms with E-state index >= 15 is 0 Å². The summed E-state index contributed by atoms with van der Waals surface area (Å²) in [5.41, 5.74) is 0.894. The summed E-state index contributed by atoms with van der Waals surface area (Å²) in [6, 6.07) is 7.75. The molecule has 0 radical (unpaired) electrons. The van der Waals surface area contributed by atoms with Crippen molar-refractivity contribution in [3.05, 3.63) is 40.4 Å². The van der Waals surface area contributed by atoms with Gasteiger partial charge in [-0.2, -0.15) is 0 Å². The zero-order valence-corrected chi connectivity index (χ0v) is 14.8. The summed E-state index contributed by atoms with van der Waals surface area (Å²) in [7, 11) is 0. The largest absolute Gasteiger partial charge is 0.452 e. The highest BCUT2D eigenvalue weighted by molar-refractivity contribution is 9.10. The third-order valence-corrected chi connectivity index (χ3v) is 4.61. The SMILES string of the molecule is C[C@H]1CCCC[C@H]1NC(=O)COC(=O)/C=C/c1ccc(Br)cc1. The van der Waals surface area contributed by atoms with Gasteiger partial charge in [0, 0.05) is 16.6 Å². The Morgan fingerprint density at radius 1 is 1.26 bits per heavy atom. The number of amides is 1. The molecule has 23 heavy (non-hydrogen) atoms. The second-order valence-electron chi connectivity index (χ2n) is 5.93. The van der Waals surface area contributed by atoms with Crippen molar-refractivity contribution in [3.63, 3.8) is 0 Å². The fraction of sp³-hybridized carbons (Fsp3) is 0.444. The number of carbonyl (C=O) groups excluding carboxylic acids is 2. The molecule has 0 spiro atoms. The van der Waals surface area contributed by atoms with Crippen LogP contribution in [0.2, 0.25) is 0 Å². The number of esters is 1. The van der Waals surface area contributed by atoms with Gasteiger partial charge in [0.15, 0.2) is 6.61 Å². The van der Waals surface area contributed by atoms with Crippen LogP contribution in [-0.2, 0) is 14.3 Å². The molecule has 0 unspecified atom stereocenters. The highest BCUT2D eigenvalue weighted by Crippen LogP contribution is 2.23. The van der Waals surface area contributed by atoms with Crippen LogP contribution in [0.4, 0.5) is 0 Å². The summed E-state index contributed by atoms with van der Waals surface area (Å²) < 4.78 is 5.96. The Balaban J connectivity index is 1.73. The molecule has 1 amide bonds. The van der Waals surface area contributed by atoms with Crippen molar-refractivity contribution in [2.45, 2.75) is 38.6 Å². The van der Waals surface area contributed by atoms with Crippen molar-refractivity contribution >= 4 is 33.9 Å². The Bertz CT molecular complexity index is 568. The van der Waals surface area contributed by atoms with Crippen LogP contribution in [0.1, 0.15) is 38.2 Å². The second-order valence-corrected chi connectivity index (χ2v) is 6.84. The fourth-order valence-electron chi connectivity index (χ4n) is 2.70. The molecule has 1 saturated carbocycles. The van der Waals surface area contributed by atoms with Crippen molar-refractivity contribution in [3.8, 4) is 0 Å². The van der Waals surface area contributed by atoms with Gasteiger partial charge in [-0.25, -0.2) is 4.79 Å². The number of hydrogen-bond acceptors (Lipinski definition) is 3. The van der Waals surface area contributed by atoms with Crippen LogP contribution in [0.5, 0.6) is 0 Å². The maximum atomic E-state index is 11.9. The minimum Gasteiger partial charge on any atom is -0.452 e. The topological polar surface area (TPSA) is 55.4 Å². The van der Waals surface area contributed by atoms with E-state index in [1.54, 1.807) is 6.08 Å². The number of benzene rings is 1. The molecule has 1 aromatic rings. The van der Waals surface area contributed by atoms with Crippen LogP contribution in [0.3, 0.4) is 0 Å².